The van der Waals surface area contributed by atoms with E-state index in [9.17, 15) is 58.8 Å². The molecule has 15 N–H and O–H groups in total. The van der Waals surface area contributed by atoms with Crippen LogP contribution >= 0.6 is 0 Å². The lowest BCUT2D eigenvalue weighted by Gasteiger charge is -2.28. The van der Waals surface area contributed by atoms with Crippen molar-refractivity contribution in [1.29, 1.82) is 0 Å². The number of aliphatic hydroxyl groups excluding tert-OH is 4. The summed E-state index contributed by atoms with van der Waals surface area (Å²) < 4.78 is 0. The molecule has 21 heteroatoms. The van der Waals surface area contributed by atoms with Crippen LogP contribution in [0.15, 0.2) is 0 Å². The van der Waals surface area contributed by atoms with E-state index < -0.39 is 121 Å². The molecule has 0 radical (unpaired) electrons. The standard InChI is InChI=1S/C29H51N9O12.2H2/c1-13(2)21(24(31)45)37-28(49)19(12-41)35-25(46)15-6-4-5-9-32-20(43)8-7-16(33-17(10-39)23(30)44)26(47)38-22(14(3)42)29(50)36-18(11-40)27(48)34-15;;/h13-19,21-22,33,39-42H,4-12H2,1-3H3,(H2,30,44)(H2,31,45)(H,32,43)(H,34,48)(H,35,46)(H,36,50)(H,37,49)(H,38,47);2*1H/t14-,15?,16?,17+,18+,19+,21?,22+;;/m1../s1. The molecule has 0 saturated carbocycles. The molecular formula is C29H55N9O12. The molecule has 1 fully saturated rings. The van der Waals surface area contributed by atoms with Gasteiger partial charge in [-0.1, -0.05) is 13.8 Å². The molecule has 288 valence electrons. The maximum atomic E-state index is 13.3. The quantitative estimate of drug-likeness (QED) is 0.0842. The molecule has 1 heterocycles. The Morgan fingerprint density at radius 3 is 2.00 bits per heavy atom. The lowest BCUT2D eigenvalue weighted by molar-refractivity contribution is -0.137. The average Bonchev–Trinajstić information content (AvgIpc) is 3.04. The van der Waals surface area contributed by atoms with Gasteiger partial charge in [0.05, 0.1) is 32.0 Å². The van der Waals surface area contributed by atoms with Crippen LogP contribution < -0.4 is 48.7 Å². The summed E-state index contributed by atoms with van der Waals surface area (Å²) in [6.07, 6.45) is -1.68. The minimum Gasteiger partial charge on any atom is -0.394 e. The van der Waals surface area contributed by atoms with Crippen molar-refractivity contribution < 1.29 is 61.6 Å². The van der Waals surface area contributed by atoms with Crippen molar-refractivity contribution in [3.63, 3.8) is 0 Å². The van der Waals surface area contributed by atoms with E-state index in [0.29, 0.717) is 0 Å². The minimum absolute atomic E-state index is 0. The molecule has 1 aliphatic rings. The molecule has 0 bridgehead atoms. The van der Waals surface area contributed by atoms with Crippen LogP contribution in [0, 0.1) is 5.92 Å². The molecule has 1 aliphatic heterocycles. The predicted molar refractivity (Wildman–Crippen MR) is 177 cm³/mol. The van der Waals surface area contributed by atoms with Crippen molar-refractivity contribution in [3.05, 3.63) is 0 Å². The Kier molecular flexibility index (Phi) is 18.8. The summed E-state index contributed by atoms with van der Waals surface area (Å²) in [4.78, 5) is 102. The first-order chi connectivity index (χ1) is 23.5. The van der Waals surface area contributed by atoms with E-state index in [1.54, 1.807) is 13.8 Å². The third-order valence-electron chi connectivity index (χ3n) is 7.74. The van der Waals surface area contributed by atoms with Crippen molar-refractivity contribution in [3.8, 4) is 0 Å². The average molecular weight is 722 g/mol. The molecule has 0 aliphatic carbocycles. The third-order valence-corrected chi connectivity index (χ3v) is 7.74. The van der Waals surface area contributed by atoms with Crippen LogP contribution in [-0.2, 0) is 38.4 Å². The van der Waals surface area contributed by atoms with E-state index in [0.717, 1.165) is 6.92 Å². The fraction of sp³-hybridized carbons (Fsp3) is 0.724. The SMILES string of the molecule is CC(C)C(NC(=O)[C@H](CO)NC(=O)C1CCCCNC(=O)CCC(N[C@@H](CO)C(N)=O)C(=O)N[C@@H]([C@@H](C)O)C(=O)N[C@@H](CO)C(=O)N1)C(N)=O.[HH].[HH]. The van der Waals surface area contributed by atoms with Gasteiger partial charge in [0.1, 0.15) is 36.3 Å². The van der Waals surface area contributed by atoms with Crippen LogP contribution in [0.25, 0.3) is 0 Å². The summed E-state index contributed by atoms with van der Waals surface area (Å²) in [6.45, 7) is 1.78. The fourth-order valence-electron chi connectivity index (χ4n) is 4.77. The van der Waals surface area contributed by atoms with Crippen molar-refractivity contribution in [2.24, 2.45) is 17.4 Å². The largest absolute Gasteiger partial charge is 0.394 e. The zero-order chi connectivity index (χ0) is 38.1. The molecule has 8 amide bonds. The second kappa shape index (κ2) is 21.6. The number of carbonyl (C=O) groups is 8. The van der Waals surface area contributed by atoms with E-state index in [2.05, 4.69) is 37.2 Å². The molecule has 0 aromatic rings. The van der Waals surface area contributed by atoms with E-state index in [1.165, 1.54) is 0 Å². The number of nitrogens with two attached hydrogens (primary N) is 2. The van der Waals surface area contributed by atoms with Gasteiger partial charge in [-0.25, -0.2) is 0 Å². The van der Waals surface area contributed by atoms with Gasteiger partial charge < -0.3 is 63.8 Å². The van der Waals surface area contributed by atoms with E-state index in [4.69, 9.17) is 11.5 Å². The van der Waals surface area contributed by atoms with Crippen LogP contribution in [0.5, 0.6) is 0 Å². The maximum absolute atomic E-state index is 13.3. The Bertz CT molecular complexity index is 1230. The van der Waals surface area contributed by atoms with Crippen LogP contribution in [0.3, 0.4) is 0 Å². The van der Waals surface area contributed by atoms with E-state index in [-0.39, 0.29) is 41.5 Å². The number of carbonyl (C=O) groups excluding carboxylic acids is 8. The zero-order valence-corrected chi connectivity index (χ0v) is 28.3. The monoisotopic (exact) mass is 721 g/mol. The molecule has 21 nitrogen and oxygen atoms in total. The Labute approximate surface area is 291 Å². The Balaban J connectivity index is 0. The van der Waals surface area contributed by atoms with Crippen molar-refractivity contribution in [1.82, 2.24) is 37.2 Å². The first-order valence-corrected chi connectivity index (χ1v) is 16.1. The number of primary amides is 2. The van der Waals surface area contributed by atoms with Crippen LogP contribution in [-0.4, -0.2) is 142 Å². The first-order valence-electron chi connectivity index (χ1n) is 16.1. The van der Waals surface area contributed by atoms with Gasteiger partial charge in [0.2, 0.25) is 47.3 Å². The third kappa shape index (κ3) is 14.2. The maximum Gasteiger partial charge on any atom is 0.245 e. The van der Waals surface area contributed by atoms with Crippen LogP contribution in [0.1, 0.15) is 55.7 Å². The van der Waals surface area contributed by atoms with Crippen molar-refractivity contribution in [2.45, 2.75) is 101 Å². The number of rotatable bonds is 13. The Morgan fingerprint density at radius 2 is 1.48 bits per heavy atom. The smallest absolute Gasteiger partial charge is 0.245 e. The summed E-state index contributed by atoms with van der Waals surface area (Å²) in [5, 5.41) is 56.2. The van der Waals surface area contributed by atoms with E-state index >= 15 is 0 Å². The van der Waals surface area contributed by atoms with Crippen molar-refractivity contribution >= 4 is 47.3 Å². The Morgan fingerprint density at radius 1 is 0.840 bits per heavy atom. The van der Waals surface area contributed by atoms with Gasteiger partial charge in [-0.15, -0.1) is 0 Å². The first kappa shape index (κ1) is 43.6. The molecule has 8 atom stereocenters. The topological polar surface area (TPSA) is 354 Å². The highest BCUT2D eigenvalue weighted by Gasteiger charge is 2.35. The summed E-state index contributed by atoms with van der Waals surface area (Å²) in [5.41, 5.74) is 10.6. The molecule has 1 saturated heterocycles. The minimum atomic E-state index is -1.74. The summed E-state index contributed by atoms with van der Waals surface area (Å²) in [6, 6.07) is -10.3. The van der Waals surface area contributed by atoms with Gasteiger partial charge in [-0.05, 0) is 38.5 Å². The molecule has 0 aromatic heterocycles. The van der Waals surface area contributed by atoms with Gasteiger partial charge in [-0.2, -0.15) is 0 Å². The molecular weight excluding hydrogens is 666 g/mol. The van der Waals surface area contributed by atoms with Gasteiger partial charge >= 0.3 is 0 Å². The number of aliphatic hydroxyl groups is 4. The molecule has 50 heavy (non-hydrogen) atoms. The van der Waals surface area contributed by atoms with Gasteiger partial charge in [0.15, 0.2) is 0 Å². The summed E-state index contributed by atoms with van der Waals surface area (Å²) in [7, 11) is 0. The Hall–Kier alpha value is -4.44. The summed E-state index contributed by atoms with van der Waals surface area (Å²) >= 11 is 0. The predicted octanol–water partition coefficient (Wildman–Crippen LogP) is -6.71. The van der Waals surface area contributed by atoms with Crippen LogP contribution in [0.2, 0.25) is 0 Å². The van der Waals surface area contributed by atoms with Crippen molar-refractivity contribution in [2.75, 3.05) is 26.4 Å². The molecule has 3 unspecified atom stereocenters. The highest BCUT2D eigenvalue weighted by atomic mass is 16.3. The number of nitrogens with one attached hydrogen (secondary N) is 7. The second-order valence-electron chi connectivity index (χ2n) is 12.1. The van der Waals surface area contributed by atoms with E-state index in [1.807, 2.05) is 0 Å². The summed E-state index contributed by atoms with van der Waals surface area (Å²) in [5.74, 6) is -7.84. The highest BCUT2D eigenvalue weighted by molar-refractivity contribution is 5.97. The van der Waals surface area contributed by atoms with Crippen LogP contribution in [0.4, 0.5) is 0 Å². The lowest BCUT2D eigenvalue weighted by atomic mass is 10.0. The van der Waals surface area contributed by atoms with Gasteiger partial charge in [0, 0.05) is 15.8 Å². The number of hydrogen-bond donors (Lipinski definition) is 13. The molecule has 1 rings (SSSR count). The van der Waals surface area contributed by atoms with Gasteiger partial charge in [0.25, 0.3) is 0 Å². The highest BCUT2D eigenvalue weighted by Crippen LogP contribution is 2.07. The number of amides is 8. The number of hydrogen-bond acceptors (Lipinski definition) is 13. The molecule has 0 aromatic carbocycles. The fourth-order valence-corrected chi connectivity index (χ4v) is 4.77. The molecule has 0 spiro atoms. The lowest BCUT2D eigenvalue weighted by Crippen LogP contribution is -2.62. The second-order valence-corrected chi connectivity index (χ2v) is 12.1. The zero-order valence-electron chi connectivity index (χ0n) is 28.3. The normalized spacial score (nSPS) is 24.1. The van der Waals surface area contributed by atoms with Gasteiger partial charge in [-0.3, -0.25) is 43.7 Å².